The summed E-state index contributed by atoms with van der Waals surface area (Å²) in [4.78, 5) is 25.1. The van der Waals surface area contributed by atoms with Crippen LogP contribution in [0.15, 0.2) is 71.6 Å². The molecule has 1 aliphatic heterocycles. The van der Waals surface area contributed by atoms with Crippen molar-refractivity contribution in [2.75, 3.05) is 25.1 Å². The summed E-state index contributed by atoms with van der Waals surface area (Å²) in [6, 6.07) is 17.6. The molecule has 0 aliphatic carbocycles. The minimum atomic E-state index is -3.86. The van der Waals surface area contributed by atoms with E-state index in [0.717, 1.165) is 5.56 Å². The number of nitrogens with one attached hydrogen (secondary N) is 2. The number of hydrogen-bond donors (Lipinski definition) is 2. The Morgan fingerprint density at radius 1 is 0.824 bits per heavy atom. The maximum absolute atomic E-state index is 13.2. The fourth-order valence-corrected chi connectivity index (χ4v) is 5.23. The lowest BCUT2D eigenvalue weighted by Gasteiger charge is -2.20. The fourth-order valence-electron chi connectivity index (χ4n) is 3.68. The quantitative estimate of drug-likeness (QED) is 0.523. The monoisotopic (exact) mass is 481 g/mol. The molecular formula is C24H23N3O6S. The Morgan fingerprint density at radius 2 is 1.47 bits per heavy atom. The molecule has 9 nitrogen and oxygen atoms in total. The first-order chi connectivity index (χ1) is 16.3. The van der Waals surface area contributed by atoms with Crippen LogP contribution in [-0.4, -0.2) is 41.0 Å². The topological polar surface area (TPSA) is 114 Å². The van der Waals surface area contributed by atoms with Crippen molar-refractivity contribution in [3.63, 3.8) is 0 Å². The van der Waals surface area contributed by atoms with Gasteiger partial charge < -0.3 is 9.47 Å². The van der Waals surface area contributed by atoms with E-state index in [9.17, 15) is 18.0 Å². The predicted octanol–water partition coefficient (Wildman–Crippen LogP) is 2.53. The summed E-state index contributed by atoms with van der Waals surface area (Å²) < 4.78 is 38.1. The second-order valence-electron chi connectivity index (χ2n) is 7.49. The Morgan fingerprint density at radius 3 is 2.15 bits per heavy atom. The summed E-state index contributed by atoms with van der Waals surface area (Å²) in [6.07, 6.45) is 0.622. The minimum Gasteiger partial charge on any atom is -0.497 e. The Hall–Kier alpha value is -4.05. The lowest BCUT2D eigenvalue weighted by Crippen LogP contribution is -2.41. The molecule has 0 saturated heterocycles. The Balaban J connectivity index is 1.49. The molecule has 4 rings (SSSR count). The van der Waals surface area contributed by atoms with Crippen LogP contribution in [0.1, 0.15) is 26.3 Å². The molecule has 10 heteroatoms. The van der Waals surface area contributed by atoms with Crippen molar-refractivity contribution in [2.24, 2.45) is 0 Å². The zero-order valence-corrected chi connectivity index (χ0v) is 19.4. The van der Waals surface area contributed by atoms with Crippen LogP contribution in [0.25, 0.3) is 0 Å². The van der Waals surface area contributed by atoms with Gasteiger partial charge >= 0.3 is 0 Å². The lowest BCUT2D eigenvalue weighted by atomic mass is 10.2. The third kappa shape index (κ3) is 4.53. The Bertz CT molecular complexity index is 1330. The number of hydrazine groups is 1. The first-order valence-corrected chi connectivity index (χ1v) is 11.8. The van der Waals surface area contributed by atoms with Crippen LogP contribution in [0.3, 0.4) is 0 Å². The van der Waals surface area contributed by atoms with Crippen LogP contribution in [0.5, 0.6) is 11.5 Å². The van der Waals surface area contributed by atoms with Gasteiger partial charge in [0.25, 0.3) is 21.8 Å². The molecule has 1 heterocycles. The summed E-state index contributed by atoms with van der Waals surface area (Å²) >= 11 is 0. The highest BCUT2D eigenvalue weighted by Gasteiger charge is 2.31. The van der Waals surface area contributed by atoms with Crippen LogP contribution in [0, 0.1) is 0 Å². The van der Waals surface area contributed by atoms with E-state index in [4.69, 9.17) is 9.47 Å². The molecule has 0 saturated carbocycles. The highest BCUT2D eigenvalue weighted by Crippen LogP contribution is 2.32. The smallest absolute Gasteiger partial charge is 0.269 e. The number of amides is 2. The van der Waals surface area contributed by atoms with Crippen molar-refractivity contribution in [3.05, 3.63) is 83.4 Å². The average molecular weight is 482 g/mol. The second kappa shape index (κ2) is 9.44. The molecular weight excluding hydrogens is 458 g/mol. The van der Waals surface area contributed by atoms with Crippen LogP contribution in [-0.2, 0) is 16.4 Å². The first-order valence-electron chi connectivity index (χ1n) is 10.4. The zero-order chi connectivity index (χ0) is 24.3. The maximum atomic E-state index is 13.2. The molecule has 1 aliphatic rings. The van der Waals surface area contributed by atoms with Gasteiger partial charge in [0, 0.05) is 23.7 Å². The van der Waals surface area contributed by atoms with Gasteiger partial charge in [-0.3, -0.25) is 24.7 Å². The van der Waals surface area contributed by atoms with Crippen LogP contribution in [0.2, 0.25) is 0 Å². The van der Waals surface area contributed by atoms with E-state index in [1.54, 1.807) is 18.2 Å². The number of carbonyl (C=O) groups excluding carboxylic acids is 2. The molecule has 0 fully saturated rings. The molecule has 0 atom stereocenters. The predicted molar refractivity (Wildman–Crippen MR) is 126 cm³/mol. The van der Waals surface area contributed by atoms with E-state index in [-0.39, 0.29) is 16.0 Å². The molecule has 2 amide bonds. The van der Waals surface area contributed by atoms with E-state index in [1.165, 1.54) is 54.9 Å². The fraction of sp³-hybridized carbons (Fsp3) is 0.167. The number of nitrogens with zero attached hydrogens (tertiary/aromatic N) is 1. The summed E-state index contributed by atoms with van der Waals surface area (Å²) in [5.41, 5.74) is 6.51. The van der Waals surface area contributed by atoms with Gasteiger partial charge in [-0.05, 0) is 48.4 Å². The van der Waals surface area contributed by atoms with Crippen molar-refractivity contribution in [2.45, 2.75) is 11.3 Å². The van der Waals surface area contributed by atoms with E-state index < -0.39 is 21.8 Å². The second-order valence-corrected chi connectivity index (χ2v) is 9.36. The summed E-state index contributed by atoms with van der Waals surface area (Å²) in [6.45, 7) is 0.332. The van der Waals surface area contributed by atoms with Gasteiger partial charge in [0.05, 0.1) is 24.8 Å². The molecule has 0 radical (unpaired) electrons. The van der Waals surface area contributed by atoms with Gasteiger partial charge in [0.1, 0.15) is 11.5 Å². The van der Waals surface area contributed by atoms with Crippen molar-refractivity contribution in [1.29, 1.82) is 0 Å². The van der Waals surface area contributed by atoms with Gasteiger partial charge in [-0.25, -0.2) is 8.42 Å². The number of sulfonamides is 1. The van der Waals surface area contributed by atoms with Crippen molar-refractivity contribution >= 4 is 27.5 Å². The van der Waals surface area contributed by atoms with Gasteiger partial charge in [0.15, 0.2) is 0 Å². The molecule has 0 unspecified atom stereocenters. The number of fused-ring (bicyclic) bond motifs is 1. The van der Waals surface area contributed by atoms with E-state index in [2.05, 4.69) is 10.9 Å². The standard InChI is InChI=1S/C24H23N3O6S/c1-32-19-12-18(13-20(15-19)33-2)24(29)26-25-23(28)17-7-5-8-21(14-17)34(30,31)27-11-10-16-6-3-4-9-22(16)27/h3-9,12-15H,10-11H2,1-2H3,(H,25,28)(H,26,29). The third-order valence-corrected chi connectivity index (χ3v) is 7.24. The van der Waals surface area contributed by atoms with E-state index >= 15 is 0 Å². The largest absolute Gasteiger partial charge is 0.497 e. The van der Waals surface area contributed by atoms with Gasteiger partial charge in [-0.1, -0.05) is 24.3 Å². The van der Waals surface area contributed by atoms with Crippen LogP contribution in [0.4, 0.5) is 5.69 Å². The molecule has 0 bridgehead atoms. The Kier molecular flexibility index (Phi) is 6.42. The van der Waals surface area contributed by atoms with Crippen LogP contribution < -0.4 is 24.6 Å². The number of hydrogen-bond acceptors (Lipinski definition) is 6. The highest BCUT2D eigenvalue weighted by molar-refractivity contribution is 7.92. The number of benzene rings is 3. The van der Waals surface area contributed by atoms with E-state index in [1.807, 2.05) is 12.1 Å². The number of carbonyl (C=O) groups is 2. The van der Waals surface area contributed by atoms with Gasteiger partial charge in [-0.2, -0.15) is 0 Å². The number of para-hydroxylation sites is 1. The van der Waals surface area contributed by atoms with Gasteiger partial charge in [0.2, 0.25) is 0 Å². The molecule has 0 spiro atoms. The molecule has 34 heavy (non-hydrogen) atoms. The van der Waals surface area contributed by atoms with Crippen molar-refractivity contribution in [1.82, 2.24) is 10.9 Å². The number of methoxy groups -OCH3 is 2. The molecule has 2 N–H and O–H groups in total. The number of ether oxygens (including phenoxy) is 2. The third-order valence-electron chi connectivity index (χ3n) is 5.43. The molecule has 3 aromatic carbocycles. The summed E-state index contributed by atoms with van der Waals surface area (Å²) in [7, 11) is -0.943. The Labute approximate surface area is 197 Å². The molecule has 176 valence electrons. The summed E-state index contributed by atoms with van der Waals surface area (Å²) in [5.74, 6) is -0.431. The number of anilines is 1. The first kappa shape index (κ1) is 23.1. The summed E-state index contributed by atoms with van der Waals surface area (Å²) in [5, 5.41) is 0. The minimum absolute atomic E-state index is 0.0132. The zero-order valence-electron chi connectivity index (χ0n) is 18.6. The van der Waals surface area contributed by atoms with Crippen molar-refractivity contribution < 1.29 is 27.5 Å². The van der Waals surface area contributed by atoms with Gasteiger partial charge in [-0.15, -0.1) is 0 Å². The molecule has 3 aromatic rings. The van der Waals surface area contributed by atoms with Crippen molar-refractivity contribution in [3.8, 4) is 11.5 Å². The lowest BCUT2D eigenvalue weighted by molar-refractivity contribution is 0.0846. The molecule has 0 aromatic heterocycles. The maximum Gasteiger partial charge on any atom is 0.269 e. The highest BCUT2D eigenvalue weighted by atomic mass is 32.2. The SMILES string of the molecule is COc1cc(OC)cc(C(=O)NNC(=O)c2cccc(S(=O)(=O)N3CCc4ccccc43)c2)c1. The number of rotatable bonds is 6. The average Bonchev–Trinajstić information content (AvgIpc) is 3.32. The van der Waals surface area contributed by atoms with E-state index in [0.29, 0.717) is 30.2 Å². The normalized spacial score (nSPS) is 12.6. The van der Waals surface area contributed by atoms with Crippen LogP contribution >= 0.6 is 0 Å².